The first-order chi connectivity index (χ1) is 0. The minimum absolute atomic E-state index is 0. The van der Waals surface area contributed by atoms with Gasteiger partial charge in [0.25, 0.3) is 0 Å². The third kappa shape index (κ3) is 8.85. The van der Waals surface area contributed by atoms with E-state index in [4.69, 9.17) is 0 Å². The van der Waals surface area contributed by atoms with Crippen LogP contribution >= 0.6 is 0 Å². The van der Waals surface area contributed by atoms with Crippen molar-refractivity contribution in [3.63, 3.8) is 0 Å². The van der Waals surface area contributed by atoms with Crippen molar-refractivity contribution in [2.75, 3.05) is 0 Å². The van der Waals surface area contributed by atoms with Crippen molar-refractivity contribution in [2.24, 2.45) is 0 Å². The van der Waals surface area contributed by atoms with Gasteiger partial charge in [-0.2, -0.15) is 0 Å². The van der Waals surface area contributed by atoms with Crippen molar-refractivity contribution in [2.45, 2.75) is 0 Å². The van der Waals surface area contributed by atoms with Crippen LogP contribution in [-0.4, -0.2) is 72.5 Å². The molecule has 0 rings (SSSR count). The first-order valence-electron chi connectivity index (χ1n) is 0. The van der Waals surface area contributed by atoms with E-state index in [-0.39, 0.29) is 89.5 Å². The van der Waals surface area contributed by atoms with E-state index in [1.165, 1.54) is 0 Å². The fraction of sp³-hybridized carbons (Fsp3) is 0. The average molecular weight is 158 g/mol. The van der Waals surface area contributed by atoms with Gasteiger partial charge >= 0.3 is 37.7 Å². The summed E-state index contributed by atoms with van der Waals surface area (Å²) >= 11 is 0. The largest absolute Gasteiger partial charge is 0 e. The summed E-state index contributed by atoms with van der Waals surface area (Å²) in [4.78, 5) is 0. The molecule has 0 amide bonds. The Balaban J connectivity index is 0. The minimum atomic E-state index is 0. The Hall–Kier alpha value is 2.84. The molecule has 4 heteroatoms. The van der Waals surface area contributed by atoms with Gasteiger partial charge in [0.1, 0.15) is 0 Å². The normalized spacial score (nSPS) is 0. The van der Waals surface area contributed by atoms with E-state index in [2.05, 4.69) is 0 Å². The summed E-state index contributed by atoms with van der Waals surface area (Å²) in [6, 6.07) is 0. The smallest absolute Gasteiger partial charge is 0 e. The molecule has 0 aromatic heterocycles. The molecule has 0 heterocycles. The molecule has 0 saturated heterocycles. The van der Waals surface area contributed by atoms with Gasteiger partial charge in [-0.15, -0.1) is 0 Å². The second-order valence-electron chi connectivity index (χ2n) is 0. The molecule has 4 heavy (non-hydrogen) atoms. The van der Waals surface area contributed by atoms with Gasteiger partial charge in [-0.05, 0) is 0 Å². The molecule has 0 spiro atoms. The summed E-state index contributed by atoms with van der Waals surface area (Å²) in [5.74, 6) is 0. The molecular weight excluding hydrogens is 150 g/mol. The van der Waals surface area contributed by atoms with Gasteiger partial charge in [-0.1, -0.05) is 0 Å². The third-order valence-corrected chi connectivity index (χ3v) is 0. The van der Waals surface area contributed by atoms with Crippen LogP contribution in [0.2, 0.25) is 0 Å². The Bertz CT molecular complexity index is 6.00. The van der Waals surface area contributed by atoms with E-state index in [9.17, 15) is 0 Å². The molecule has 0 N–H and O–H groups in total. The fourth-order valence-corrected chi connectivity index (χ4v) is 0. The maximum Gasteiger partial charge on any atom is 0 e. The van der Waals surface area contributed by atoms with Crippen LogP contribution in [0.15, 0.2) is 0 Å². The van der Waals surface area contributed by atoms with Crippen LogP contribution in [-0.2, 0) is 17.1 Å². The monoisotopic (exact) mass is 158 g/mol. The SMILES string of the molecule is [AlH3].[AlH3].[CaH2].[Fe]. The Labute approximate surface area is 87.8 Å². The minimum Gasteiger partial charge on any atom is 0 e. The van der Waals surface area contributed by atoms with E-state index < -0.39 is 0 Å². The summed E-state index contributed by atoms with van der Waals surface area (Å²) in [5.41, 5.74) is 0. The topological polar surface area (TPSA) is 0 Å². The maximum atomic E-state index is 0. The van der Waals surface area contributed by atoms with Crippen LogP contribution in [0.4, 0.5) is 0 Å². The fourth-order valence-electron chi connectivity index (χ4n) is 0. The molecular formula is H8Al2CaFe. The second-order valence-corrected chi connectivity index (χ2v) is 0. The van der Waals surface area contributed by atoms with Gasteiger partial charge in [0, 0.05) is 17.1 Å². The molecule has 0 atom stereocenters. The van der Waals surface area contributed by atoms with Crippen molar-refractivity contribution in [3.8, 4) is 0 Å². The summed E-state index contributed by atoms with van der Waals surface area (Å²) in [5, 5.41) is 0. The molecule has 0 aromatic carbocycles. The zero-order valence-electron chi connectivity index (χ0n) is 0.354. The van der Waals surface area contributed by atoms with Gasteiger partial charge < -0.3 is 0 Å². The second kappa shape index (κ2) is 17.0. The summed E-state index contributed by atoms with van der Waals surface area (Å²) in [6.45, 7) is 0. The molecule has 0 aliphatic carbocycles. The quantitative estimate of drug-likeness (QED) is 0.324. The van der Waals surface area contributed by atoms with E-state index in [1.54, 1.807) is 0 Å². The van der Waals surface area contributed by atoms with Crippen molar-refractivity contribution in [1.29, 1.82) is 0 Å². The van der Waals surface area contributed by atoms with Gasteiger partial charge in [0.2, 0.25) is 0 Å². The van der Waals surface area contributed by atoms with Crippen molar-refractivity contribution in [1.82, 2.24) is 0 Å². The van der Waals surface area contributed by atoms with Gasteiger partial charge in [0.15, 0.2) is 34.7 Å². The van der Waals surface area contributed by atoms with E-state index in [0.717, 1.165) is 0 Å². The Morgan fingerprint density at radius 2 is 0.750 bits per heavy atom. The van der Waals surface area contributed by atoms with Crippen molar-refractivity contribution < 1.29 is 17.1 Å². The first kappa shape index (κ1) is 28.9. The molecule has 0 unspecified atom stereocenters. The van der Waals surface area contributed by atoms with E-state index in [1.807, 2.05) is 0 Å². The van der Waals surface area contributed by atoms with Crippen LogP contribution in [0.5, 0.6) is 0 Å². The van der Waals surface area contributed by atoms with E-state index >= 15 is 0 Å². The number of hydrogen-bond acceptors (Lipinski definition) is 0. The van der Waals surface area contributed by atoms with Gasteiger partial charge in [-0.3, -0.25) is 0 Å². The zero-order chi connectivity index (χ0) is 0. The zero-order valence-corrected chi connectivity index (χ0v) is 1.46. The molecule has 0 aliphatic heterocycles. The standard InChI is InChI=1S/2Al.Ca.Fe.8H. The predicted octanol–water partition coefficient (Wildman–Crippen LogP) is -3.29. The van der Waals surface area contributed by atoms with Gasteiger partial charge in [0.05, 0.1) is 0 Å². The van der Waals surface area contributed by atoms with Crippen LogP contribution in [0, 0.1) is 0 Å². The Morgan fingerprint density at radius 3 is 0.750 bits per heavy atom. The molecule has 0 saturated carbocycles. The molecule has 0 nitrogen and oxygen atoms in total. The molecule has 0 aliphatic rings. The Kier molecular flexibility index (Phi) is 122. The van der Waals surface area contributed by atoms with Gasteiger partial charge in [-0.25, -0.2) is 0 Å². The Morgan fingerprint density at radius 1 is 0.750 bits per heavy atom. The van der Waals surface area contributed by atoms with Crippen LogP contribution < -0.4 is 0 Å². The molecule has 24 valence electrons. The third-order valence-electron chi connectivity index (χ3n) is 0. The van der Waals surface area contributed by atoms with Crippen LogP contribution in [0.1, 0.15) is 0 Å². The van der Waals surface area contributed by atoms with E-state index in [0.29, 0.717) is 0 Å². The average Bonchev–Trinajstić information content (AvgIpc) is 0. The van der Waals surface area contributed by atoms with Crippen molar-refractivity contribution >= 4 is 72.5 Å². The maximum absolute atomic E-state index is 0. The van der Waals surface area contributed by atoms with Crippen molar-refractivity contribution in [3.05, 3.63) is 0 Å². The molecule has 0 radical (unpaired) electrons. The predicted molar refractivity (Wildman–Crippen MR) is 28.4 cm³/mol. The summed E-state index contributed by atoms with van der Waals surface area (Å²) < 4.78 is 0. The molecule has 0 aromatic rings. The summed E-state index contributed by atoms with van der Waals surface area (Å²) in [7, 11) is 0. The number of hydrogen-bond donors (Lipinski definition) is 0. The molecule has 0 bridgehead atoms. The van der Waals surface area contributed by atoms with Crippen LogP contribution in [0.25, 0.3) is 0 Å². The first-order valence-corrected chi connectivity index (χ1v) is 0. The number of rotatable bonds is 0. The summed E-state index contributed by atoms with van der Waals surface area (Å²) in [6.07, 6.45) is 0. The van der Waals surface area contributed by atoms with Crippen LogP contribution in [0.3, 0.4) is 0 Å². The molecule has 0 fully saturated rings.